The highest BCUT2D eigenvalue weighted by molar-refractivity contribution is 8.93. The minimum atomic E-state index is -0.496. The molecule has 0 bridgehead atoms. The lowest BCUT2D eigenvalue weighted by atomic mass is 10.1. The quantitative estimate of drug-likeness (QED) is 0.457. The van der Waals surface area contributed by atoms with Gasteiger partial charge in [0.1, 0.15) is 0 Å². The molecule has 0 aliphatic heterocycles. The van der Waals surface area contributed by atoms with Crippen molar-refractivity contribution in [2.75, 3.05) is 0 Å². The van der Waals surface area contributed by atoms with Crippen LogP contribution in [0.2, 0.25) is 0 Å². The third kappa shape index (κ3) is 2.95. The Labute approximate surface area is 85.5 Å². The molecule has 4 nitrogen and oxygen atoms in total. The van der Waals surface area contributed by atoms with Gasteiger partial charge in [0.2, 0.25) is 0 Å². The lowest BCUT2D eigenvalue weighted by Crippen LogP contribution is -1.92. The third-order valence-corrected chi connectivity index (χ3v) is 1.48. The van der Waals surface area contributed by atoms with Gasteiger partial charge in [-0.25, -0.2) is 0 Å². The molecule has 0 fully saturated rings. The summed E-state index contributed by atoms with van der Waals surface area (Å²) in [6.07, 6.45) is 0. The summed E-state index contributed by atoms with van der Waals surface area (Å²) in [5.74, 6) is -0.0927. The Morgan fingerprint density at radius 1 is 1.31 bits per heavy atom. The van der Waals surface area contributed by atoms with Crippen molar-refractivity contribution in [1.82, 2.24) is 0 Å². The van der Waals surface area contributed by atoms with Crippen molar-refractivity contribution in [3.63, 3.8) is 0 Å². The molecule has 0 atom stereocenters. The number of nitro groups is 1. The zero-order valence-electron chi connectivity index (χ0n) is 6.89. The average Bonchev–Trinajstić information content (AvgIpc) is 2.04. The monoisotopic (exact) mass is 245 g/mol. The van der Waals surface area contributed by atoms with E-state index in [1.165, 1.54) is 31.2 Å². The minimum absolute atomic E-state index is 0. The fourth-order valence-electron chi connectivity index (χ4n) is 0.818. The molecule has 1 rings (SSSR count). The zero-order valence-corrected chi connectivity index (χ0v) is 8.60. The molecule has 0 heterocycles. The predicted octanol–water partition coefficient (Wildman–Crippen LogP) is 2.38. The van der Waals surface area contributed by atoms with Crippen LogP contribution in [0.5, 0.6) is 0 Å². The average molecular weight is 246 g/mol. The summed E-state index contributed by atoms with van der Waals surface area (Å²) in [6.45, 7) is 1.42. The highest BCUT2D eigenvalue weighted by Crippen LogP contribution is 2.11. The number of carbonyl (C=O) groups is 1. The molecule has 0 radical (unpaired) electrons. The van der Waals surface area contributed by atoms with Crippen molar-refractivity contribution >= 4 is 28.5 Å². The van der Waals surface area contributed by atoms with Crippen LogP contribution in [0, 0.1) is 10.1 Å². The van der Waals surface area contributed by atoms with Gasteiger partial charge in [-0.15, -0.1) is 17.0 Å². The summed E-state index contributed by atoms with van der Waals surface area (Å²) in [4.78, 5) is 20.5. The van der Waals surface area contributed by atoms with Crippen LogP contribution >= 0.6 is 17.0 Å². The van der Waals surface area contributed by atoms with Crippen LogP contribution in [0.1, 0.15) is 17.3 Å². The molecule has 0 amide bonds. The van der Waals surface area contributed by atoms with E-state index >= 15 is 0 Å². The van der Waals surface area contributed by atoms with Gasteiger partial charge in [0.15, 0.2) is 5.78 Å². The van der Waals surface area contributed by atoms with Crippen LogP contribution in [-0.2, 0) is 0 Å². The van der Waals surface area contributed by atoms with Gasteiger partial charge in [0.25, 0.3) is 5.69 Å². The van der Waals surface area contributed by atoms with E-state index in [0.29, 0.717) is 5.56 Å². The molecular formula is C8H8BrNO3. The van der Waals surface area contributed by atoms with E-state index in [4.69, 9.17) is 0 Å². The Kier molecular flexibility index (Phi) is 4.27. The third-order valence-electron chi connectivity index (χ3n) is 1.48. The predicted molar refractivity (Wildman–Crippen MR) is 53.4 cm³/mol. The molecule has 5 heteroatoms. The Bertz CT molecular complexity index is 288. The molecule has 0 unspecified atom stereocenters. The lowest BCUT2D eigenvalue weighted by molar-refractivity contribution is -0.384. The first-order chi connectivity index (χ1) is 5.61. The van der Waals surface area contributed by atoms with Gasteiger partial charge in [-0.05, 0) is 19.1 Å². The van der Waals surface area contributed by atoms with Gasteiger partial charge in [-0.3, -0.25) is 14.9 Å². The highest BCUT2D eigenvalue weighted by Gasteiger charge is 2.05. The topological polar surface area (TPSA) is 60.2 Å². The smallest absolute Gasteiger partial charge is 0.269 e. The largest absolute Gasteiger partial charge is 0.295 e. The number of halogens is 1. The molecule has 0 saturated carbocycles. The number of ketones is 1. The summed E-state index contributed by atoms with van der Waals surface area (Å²) >= 11 is 0. The molecular weight excluding hydrogens is 238 g/mol. The molecule has 0 N–H and O–H groups in total. The number of hydrogen-bond donors (Lipinski definition) is 0. The van der Waals surface area contributed by atoms with Crippen molar-refractivity contribution in [1.29, 1.82) is 0 Å². The second-order valence-corrected chi connectivity index (χ2v) is 2.36. The van der Waals surface area contributed by atoms with Crippen LogP contribution in [0.15, 0.2) is 24.3 Å². The first kappa shape index (κ1) is 11.8. The molecule has 0 saturated heterocycles. The van der Waals surface area contributed by atoms with Gasteiger partial charge >= 0.3 is 0 Å². The van der Waals surface area contributed by atoms with E-state index in [1.54, 1.807) is 0 Å². The van der Waals surface area contributed by atoms with Crippen molar-refractivity contribution in [3.05, 3.63) is 39.9 Å². The summed E-state index contributed by atoms with van der Waals surface area (Å²) in [5, 5.41) is 10.2. The zero-order chi connectivity index (χ0) is 9.14. The van der Waals surface area contributed by atoms with E-state index < -0.39 is 4.92 Å². The van der Waals surface area contributed by atoms with E-state index in [9.17, 15) is 14.9 Å². The molecule has 1 aromatic rings. The van der Waals surface area contributed by atoms with Gasteiger partial charge < -0.3 is 0 Å². The van der Waals surface area contributed by atoms with Crippen molar-refractivity contribution in [2.24, 2.45) is 0 Å². The summed E-state index contributed by atoms with van der Waals surface area (Å²) in [6, 6.07) is 5.52. The molecule has 0 spiro atoms. The molecule has 0 aliphatic rings. The summed E-state index contributed by atoms with van der Waals surface area (Å²) < 4.78 is 0. The number of carbonyl (C=O) groups excluding carboxylic acids is 1. The minimum Gasteiger partial charge on any atom is -0.295 e. The van der Waals surface area contributed by atoms with Gasteiger partial charge in [0.05, 0.1) is 4.92 Å². The van der Waals surface area contributed by atoms with Crippen LogP contribution in [-0.4, -0.2) is 10.7 Å². The van der Waals surface area contributed by atoms with Gasteiger partial charge in [-0.1, -0.05) is 0 Å². The Morgan fingerprint density at radius 2 is 1.77 bits per heavy atom. The number of Topliss-reactive ketones (excluding diaryl/α,β-unsaturated/α-hetero) is 1. The van der Waals surface area contributed by atoms with E-state index in [1.807, 2.05) is 0 Å². The van der Waals surface area contributed by atoms with E-state index in [-0.39, 0.29) is 28.5 Å². The Balaban J connectivity index is 0.00000144. The summed E-state index contributed by atoms with van der Waals surface area (Å²) in [7, 11) is 0. The number of non-ortho nitro benzene ring substituents is 1. The number of nitrogens with zero attached hydrogens (tertiary/aromatic N) is 1. The molecule has 70 valence electrons. The Morgan fingerprint density at radius 3 is 2.08 bits per heavy atom. The number of nitro benzene ring substituents is 1. The van der Waals surface area contributed by atoms with Gasteiger partial charge in [0, 0.05) is 17.7 Å². The lowest BCUT2D eigenvalue weighted by Gasteiger charge is -1.93. The number of benzene rings is 1. The maximum Gasteiger partial charge on any atom is 0.269 e. The normalized spacial score (nSPS) is 8.69. The highest BCUT2D eigenvalue weighted by atomic mass is 79.9. The molecule has 13 heavy (non-hydrogen) atoms. The fourth-order valence-corrected chi connectivity index (χ4v) is 0.818. The summed E-state index contributed by atoms with van der Waals surface area (Å²) in [5.41, 5.74) is 0.487. The van der Waals surface area contributed by atoms with Crippen LogP contribution < -0.4 is 0 Å². The van der Waals surface area contributed by atoms with Crippen LogP contribution in [0.4, 0.5) is 5.69 Å². The standard InChI is InChI=1S/C8H7NO3.BrH/c1-6(10)7-2-4-8(5-3-7)9(11)12;/h2-5H,1H3;1H. The van der Waals surface area contributed by atoms with Crippen molar-refractivity contribution in [3.8, 4) is 0 Å². The maximum atomic E-state index is 10.8. The maximum absolute atomic E-state index is 10.8. The van der Waals surface area contributed by atoms with Crippen molar-refractivity contribution in [2.45, 2.75) is 6.92 Å². The van der Waals surface area contributed by atoms with E-state index in [2.05, 4.69) is 0 Å². The fraction of sp³-hybridized carbons (Fsp3) is 0.125. The second-order valence-electron chi connectivity index (χ2n) is 2.36. The number of rotatable bonds is 2. The molecule has 0 aromatic heterocycles. The first-order valence-electron chi connectivity index (χ1n) is 3.36. The van der Waals surface area contributed by atoms with E-state index in [0.717, 1.165) is 0 Å². The SMILES string of the molecule is Br.CC(=O)c1ccc([N+](=O)[O-])cc1. The number of hydrogen-bond acceptors (Lipinski definition) is 3. The van der Waals surface area contributed by atoms with Crippen molar-refractivity contribution < 1.29 is 9.72 Å². The first-order valence-corrected chi connectivity index (χ1v) is 3.36. The molecule has 0 aliphatic carbocycles. The molecule has 1 aromatic carbocycles. The Hall–Kier alpha value is -1.23. The van der Waals surface area contributed by atoms with Crippen LogP contribution in [0.3, 0.4) is 0 Å². The van der Waals surface area contributed by atoms with Gasteiger partial charge in [-0.2, -0.15) is 0 Å². The van der Waals surface area contributed by atoms with Crippen LogP contribution in [0.25, 0.3) is 0 Å². The second kappa shape index (κ2) is 4.71.